The summed E-state index contributed by atoms with van der Waals surface area (Å²) in [6, 6.07) is -0.543. The van der Waals surface area contributed by atoms with E-state index in [9.17, 15) is 4.79 Å². The zero-order valence-electron chi connectivity index (χ0n) is 11.9. The van der Waals surface area contributed by atoms with Gasteiger partial charge in [-0.25, -0.2) is 9.97 Å². The highest BCUT2D eigenvalue weighted by atomic mass is 16.4. The van der Waals surface area contributed by atoms with Crippen LogP contribution in [0.15, 0.2) is 12.4 Å². The Labute approximate surface area is 113 Å². The molecule has 2 N–H and O–H groups in total. The number of carboxylic acid groups (broad SMARTS) is 1. The summed E-state index contributed by atoms with van der Waals surface area (Å²) >= 11 is 0. The third-order valence-electron chi connectivity index (χ3n) is 3.10. The first kappa shape index (κ1) is 15.4. The van der Waals surface area contributed by atoms with Crippen LogP contribution in [0.4, 0.5) is 5.95 Å². The van der Waals surface area contributed by atoms with Crippen molar-refractivity contribution in [1.82, 2.24) is 15.3 Å². The fourth-order valence-corrected chi connectivity index (χ4v) is 1.67. The van der Waals surface area contributed by atoms with Crippen molar-refractivity contribution in [2.75, 3.05) is 19.0 Å². The van der Waals surface area contributed by atoms with Crippen LogP contribution in [0.1, 0.15) is 25.8 Å². The molecule has 106 valence electrons. The van der Waals surface area contributed by atoms with Crippen LogP contribution in [0.2, 0.25) is 0 Å². The molecule has 0 aliphatic heterocycles. The quantitative estimate of drug-likeness (QED) is 0.770. The Kier molecular flexibility index (Phi) is 5.69. The molecule has 0 unspecified atom stereocenters. The van der Waals surface area contributed by atoms with Crippen molar-refractivity contribution in [2.45, 2.75) is 32.9 Å². The molecule has 19 heavy (non-hydrogen) atoms. The Bertz CT molecular complexity index is 406. The van der Waals surface area contributed by atoms with Gasteiger partial charge in [0, 0.05) is 38.6 Å². The summed E-state index contributed by atoms with van der Waals surface area (Å²) in [7, 11) is 3.74. The second kappa shape index (κ2) is 7.04. The number of rotatable bonds is 7. The monoisotopic (exact) mass is 266 g/mol. The number of aromatic nitrogens is 2. The van der Waals surface area contributed by atoms with Crippen LogP contribution in [0.25, 0.3) is 0 Å². The van der Waals surface area contributed by atoms with Crippen LogP contribution in [0, 0.1) is 5.92 Å². The Balaban J connectivity index is 2.61. The largest absolute Gasteiger partial charge is 0.480 e. The third kappa shape index (κ3) is 4.48. The highest BCUT2D eigenvalue weighted by Gasteiger charge is 2.22. The number of carbonyl (C=O) groups is 1. The van der Waals surface area contributed by atoms with Gasteiger partial charge in [-0.15, -0.1) is 0 Å². The normalized spacial score (nSPS) is 13.9. The molecule has 1 aromatic rings. The average Bonchev–Trinajstić information content (AvgIpc) is 2.38. The van der Waals surface area contributed by atoms with E-state index < -0.39 is 12.0 Å². The van der Waals surface area contributed by atoms with Crippen molar-refractivity contribution in [3.63, 3.8) is 0 Å². The highest BCUT2D eigenvalue weighted by molar-refractivity contribution is 5.73. The number of nitrogens with zero attached hydrogens (tertiary/aromatic N) is 3. The molecule has 1 rings (SSSR count). The Morgan fingerprint density at radius 2 is 2.00 bits per heavy atom. The Hall–Kier alpha value is -1.69. The second-order valence-electron chi connectivity index (χ2n) is 4.87. The lowest BCUT2D eigenvalue weighted by molar-refractivity contribution is -0.140. The summed E-state index contributed by atoms with van der Waals surface area (Å²) in [5, 5.41) is 12.2. The van der Waals surface area contributed by atoms with Gasteiger partial charge in [0.05, 0.1) is 0 Å². The summed E-state index contributed by atoms with van der Waals surface area (Å²) in [5.74, 6) is -0.0971. The van der Waals surface area contributed by atoms with E-state index in [4.69, 9.17) is 5.11 Å². The third-order valence-corrected chi connectivity index (χ3v) is 3.10. The molecule has 1 heterocycles. The van der Waals surface area contributed by atoms with Crippen LogP contribution in [-0.4, -0.2) is 41.2 Å². The number of hydrogen-bond acceptors (Lipinski definition) is 5. The van der Waals surface area contributed by atoms with Crippen LogP contribution in [0.5, 0.6) is 0 Å². The highest BCUT2D eigenvalue weighted by Crippen LogP contribution is 2.09. The summed E-state index contributed by atoms with van der Waals surface area (Å²) in [5.41, 5.74) is 0.875. The minimum Gasteiger partial charge on any atom is -0.480 e. The second-order valence-corrected chi connectivity index (χ2v) is 4.87. The van der Waals surface area contributed by atoms with Crippen LogP contribution in [-0.2, 0) is 11.3 Å². The molecular weight excluding hydrogens is 244 g/mol. The van der Waals surface area contributed by atoms with Gasteiger partial charge in [-0.05, 0) is 5.92 Å². The minimum absolute atomic E-state index is 0.0828. The van der Waals surface area contributed by atoms with Gasteiger partial charge < -0.3 is 10.0 Å². The maximum atomic E-state index is 11.2. The zero-order valence-corrected chi connectivity index (χ0v) is 11.9. The van der Waals surface area contributed by atoms with E-state index in [0.717, 1.165) is 12.0 Å². The van der Waals surface area contributed by atoms with Crippen LogP contribution < -0.4 is 10.2 Å². The lowest BCUT2D eigenvalue weighted by Gasteiger charge is -2.20. The fraction of sp³-hybridized carbons (Fsp3) is 0.615. The summed E-state index contributed by atoms with van der Waals surface area (Å²) < 4.78 is 0. The van der Waals surface area contributed by atoms with Crippen molar-refractivity contribution >= 4 is 11.9 Å². The topological polar surface area (TPSA) is 78.4 Å². The van der Waals surface area contributed by atoms with Gasteiger partial charge in [0.2, 0.25) is 5.95 Å². The van der Waals surface area contributed by atoms with Crippen LogP contribution >= 0.6 is 0 Å². The smallest absolute Gasteiger partial charge is 0.320 e. The van der Waals surface area contributed by atoms with Gasteiger partial charge in [-0.2, -0.15) is 0 Å². The fourth-order valence-electron chi connectivity index (χ4n) is 1.67. The van der Waals surface area contributed by atoms with Crippen molar-refractivity contribution in [3.8, 4) is 0 Å². The Morgan fingerprint density at radius 3 is 2.42 bits per heavy atom. The number of anilines is 1. The number of nitrogens with one attached hydrogen (secondary N) is 1. The molecule has 0 fully saturated rings. The van der Waals surface area contributed by atoms with E-state index in [1.165, 1.54) is 0 Å². The SMILES string of the molecule is CC[C@@H](C)[C@H](NCc1cnc(N(C)C)nc1)C(=O)O. The van der Waals surface area contributed by atoms with E-state index in [-0.39, 0.29) is 5.92 Å². The molecule has 0 bridgehead atoms. The van der Waals surface area contributed by atoms with Crippen molar-refractivity contribution < 1.29 is 9.90 Å². The molecule has 0 aliphatic rings. The lowest BCUT2D eigenvalue weighted by atomic mass is 9.99. The molecule has 0 radical (unpaired) electrons. The maximum Gasteiger partial charge on any atom is 0.320 e. The molecule has 0 spiro atoms. The van der Waals surface area contributed by atoms with Gasteiger partial charge >= 0.3 is 5.97 Å². The van der Waals surface area contributed by atoms with Crippen molar-refractivity contribution in [1.29, 1.82) is 0 Å². The summed E-state index contributed by atoms with van der Waals surface area (Å²) in [6.07, 6.45) is 4.25. The maximum absolute atomic E-state index is 11.2. The van der Waals surface area contributed by atoms with Gasteiger partial charge in [-0.1, -0.05) is 20.3 Å². The summed E-state index contributed by atoms with van der Waals surface area (Å²) in [4.78, 5) is 21.4. The molecule has 0 aliphatic carbocycles. The lowest BCUT2D eigenvalue weighted by Crippen LogP contribution is -2.41. The molecule has 0 amide bonds. The molecule has 0 aromatic carbocycles. The van der Waals surface area contributed by atoms with Gasteiger partial charge in [0.15, 0.2) is 0 Å². The Morgan fingerprint density at radius 1 is 1.42 bits per heavy atom. The standard InChI is InChI=1S/C13H22N4O2/c1-5-9(2)11(12(18)19)14-6-10-7-15-13(16-8-10)17(3)4/h7-9,11,14H,5-6H2,1-4H3,(H,18,19)/t9-,11+/m1/s1. The first-order valence-electron chi connectivity index (χ1n) is 6.40. The molecule has 2 atom stereocenters. The number of hydrogen-bond donors (Lipinski definition) is 2. The van der Waals surface area contributed by atoms with E-state index >= 15 is 0 Å². The predicted octanol–water partition coefficient (Wildman–Crippen LogP) is 1.13. The zero-order chi connectivity index (χ0) is 14.4. The van der Waals surface area contributed by atoms with Crippen LogP contribution in [0.3, 0.4) is 0 Å². The van der Waals surface area contributed by atoms with Crippen molar-refractivity contribution in [2.24, 2.45) is 5.92 Å². The molecule has 0 saturated heterocycles. The first-order valence-corrected chi connectivity index (χ1v) is 6.40. The number of carboxylic acids is 1. The number of aliphatic carboxylic acids is 1. The molecular formula is C13H22N4O2. The summed E-state index contributed by atoms with van der Waals surface area (Å²) in [6.45, 7) is 4.36. The average molecular weight is 266 g/mol. The van der Waals surface area contributed by atoms with Crippen molar-refractivity contribution in [3.05, 3.63) is 18.0 Å². The van der Waals surface area contributed by atoms with Gasteiger partial charge in [0.1, 0.15) is 6.04 Å². The first-order chi connectivity index (χ1) is 8.95. The molecule has 1 aromatic heterocycles. The van der Waals surface area contributed by atoms with E-state index in [1.807, 2.05) is 32.8 Å². The van der Waals surface area contributed by atoms with Gasteiger partial charge in [-0.3, -0.25) is 10.1 Å². The predicted molar refractivity (Wildman–Crippen MR) is 74.1 cm³/mol. The van der Waals surface area contributed by atoms with E-state index in [1.54, 1.807) is 12.4 Å². The minimum atomic E-state index is -0.819. The van der Waals surface area contributed by atoms with E-state index in [2.05, 4.69) is 15.3 Å². The molecule has 0 saturated carbocycles. The molecule has 6 heteroatoms. The van der Waals surface area contributed by atoms with E-state index in [0.29, 0.717) is 12.5 Å². The van der Waals surface area contributed by atoms with Gasteiger partial charge in [0.25, 0.3) is 0 Å². The molecule has 6 nitrogen and oxygen atoms in total.